The summed E-state index contributed by atoms with van der Waals surface area (Å²) in [5.41, 5.74) is 0.652. The molecule has 0 aliphatic heterocycles. The molecule has 1 fully saturated rings. The lowest BCUT2D eigenvalue weighted by molar-refractivity contribution is 0.172. The van der Waals surface area contributed by atoms with Crippen LogP contribution in [0.5, 0.6) is 0 Å². The summed E-state index contributed by atoms with van der Waals surface area (Å²) < 4.78 is 0. The van der Waals surface area contributed by atoms with Gasteiger partial charge in [-0.15, -0.1) is 0 Å². The van der Waals surface area contributed by atoms with Crippen LogP contribution in [-0.2, 0) is 0 Å². The molecule has 1 aromatic carbocycles. The molecule has 1 aliphatic rings. The van der Waals surface area contributed by atoms with Gasteiger partial charge in [-0.1, -0.05) is 36.6 Å². The summed E-state index contributed by atoms with van der Waals surface area (Å²) in [5, 5.41) is 13.8. The first-order valence-corrected chi connectivity index (χ1v) is 6.67. The van der Waals surface area contributed by atoms with Gasteiger partial charge in [-0.25, -0.2) is 0 Å². The summed E-state index contributed by atoms with van der Waals surface area (Å²) in [6.45, 7) is 2.23. The van der Waals surface area contributed by atoms with Gasteiger partial charge in [-0.05, 0) is 37.8 Å². The summed E-state index contributed by atoms with van der Waals surface area (Å²) in [5.74, 6) is 0.531. The molecule has 0 radical (unpaired) electrons. The van der Waals surface area contributed by atoms with E-state index in [0.29, 0.717) is 10.9 Å². The molecule has 17 heavy (non-hydrogen) atoms. The molecule has 1 unspecified atom stereocenters. The molecule has 0 heterocycles. The van der Waals surface area contributed by atoms with Gasteiger partial charge in [-0.3, -0.25) is 0 Å². The maximum absolute atomic E-state index is 9.69. The molecule has 0 spiro atoms. The van der Waals surface area contributed by atoms with E-state index in [0.717, 1.165) is 5.69 Å². The van der Waals surface area contributed by atoms with Gasteiger partial charge in [0, 0.05) is 0 Å². The largest absolute Gasteiger partial charge is 0.394 e. The Balaban J connectivity index is 2.16. The summed E-state index contributed by atoms with van der Waals surface area (Å²) >= 11 is 6.15. The third-order valence-corrected chi connectivity index (χ3v) is 4.21. The normalized spacial score (nSPS) is 20.2. The Morgan fingerprint density at radius 3 is 2.59 bits per heavy atom. The van der Waals surface area contributed by atoms with Crippen molar-refractivity contribution >= 4 is 17.3 Å². The number of benzene rings is 1. The minimum absolute atomic E-state index is 0.142. The first-order valence-electron chi connectivity index (χ1n) is 6.29. The highest BCUT2D eigenvalue weighted by Crippen LogP contribution is 2.37. The van der Waals surface area contributed by atoms with E-state index in [-0.39, 0.29) is 12.1 Å². The molecule has 1 atom stereocenters. The van der Waals surface area contributed by atoms with Crippen LogP contribution in [0, 0.1) is 5.92 Å². The smallest absolute Gasteiger partial charge is 0.0661 e. The van der Waals surface area contributed by atoms with Crippen LogP contribution in [0.4, 0.5) is 5.69 Å². The second-order valence-corrected chi connectivity index (χ2v) is 5.57. The van der Waals surface area contributed by atoms with Gasteiger partial charge in [0.2, 0.25) is 0 Å². The van der Waals surface area contributed by atoms with Gasteiger partial charge in [0.1, 0.15) is 0 Å². The molecule has 1 saturated carbocycles. The maximum Gasteiger partial charge on any atom is 0.0661 e. The van der Waals surface area contributed by atoms with Gasteiger partial charge in [-0.2, -0.15) is 0 Å². The van der Waals surface area contributed by atoms with Crippen LogP contribution in [0.2, 0.25) is 5.02 Å². The van der Waals surface area contributed by atoms with E-state index >= 15 is 0 Å². The standard InChI is InChI=1S/C14H20ClNO/c1-14(10-17,11-6-2-3-7-11)16-13-9-5-4-8-12(13)15/h4-5,8-9,11,16-17H,2-3,6-7,10H2,1H3. The number of hydrogen-bond acceptors (Lipinski definition) is 2. The van der Waals surface area contributed by atoms with Crippen molar-refractivity contribution in [1.29, 1.82) is 0 Å². The van der Waals surface area contributed by atoms with Crippen molar-refractivity contribution in [3.8, 4) is 0 Å². The molecule has 3 heteroatoms. The number of hydrogen-bond donors (Lipinski definition) is 2. The Hall–Kier alpha value is -0.730. The minimum atomic E-state index is -0.262. The first kappa shape index (κ1) is 12.7. The zero-order valence-corrected chi connectivity index (χ0v) is 11.0. The van der Waals surface area contributed by atoms with E-state index in [4.69, 9.17) is 11.6 Å². The Labute approximate surface area is 108 Å². The van der Waals surface area contributed by atoms with Crippen LogP contribution in [0.15, 0.2) is 24.3 Å². The lowest BCUT2D eigenvalue weighted by atomic mass is 9.84. The summed E-state index contributed by atoms with van der Waals surface area (Å²) in [6.07, 6.45) is 4.91. The van der Waals surface area contributed by atoms with Crippen molar-refractivity contribution in [1.82, 2.24) is 0 Å². The number of aliphatic hydroxyl groups is 1. The lowest BCUT2D eigenvalue weighted by Crippen LogP contribution is -2.45. The van der Waals surface area contributed by atoms with Gasteiger partial charge in [0.05, 0.1) is 22.9 Å². The van der Waals surface area contributed by atoms with E-state index in [1.807, 2.05) is 24.3 Å². The number of anilines is 1. The van der Waals surface area contributed by atoms with Gasteiger partial charge < -0.3 is 10.4 Å². The van der Waals surface area contributed by atoms with Crippen LogP contribution in [0.3, 0.4) is 0 Å². The Kier molecular flexibility index (Phi) is 3.95. The predicted molar refractivity (Wildman–Crippen MR) is 72.5 cm³/mol. The number of aliphatic hydroxyl groups excluding tert-OH is 1. The highest BCUT2D eigenvalue weighted by Gasteiger charge is 2.35. The summed E-state index contributed by atoms with van der Waals surface area (Å²) in [7, 11) is 0. The fourth-order valence-electron chi connectivity index (χ4n) is 2.70. The zero-order chi connectivity index (χ0) is 12.3. The van der Waals surface area contributed by atoms with Crippen LogP contribution in [-0.4, -0.2) is 17.3 Å². The SMILES string of the molecule is CC(CO)(Nc1ccccc1Cl)C1CCCC1. The average Bonchev–Trinajstić information content (AvgIpc) is 2.86. The Morgan fingerprint density at radius 2 is 2.00 bits per heavy atom. The molecule has 0 aromatic heterocycles. The molecule has 1 aromatic rings. The average molecular weight is 254 g/mol. The molecule has 1 aliphatic carbocycles. The summed E-state index contributed by atoms with van der Waals surface area (Å²) in [6, 6.07) is 7.71. The Bertz CT molecular complexity index is 376. The van der Waals surface area contributed by atoms with Crippen molar-refractivity contribution in [3.63, 3.8) is 0 Å². The van der Waals surface area contributed by atoms with Gasteiger partial charge >= 0.3 is 0 Å². The molecule has 0 amide bonds. The number of nitrogens with one attached hydrogen (secondary N) is 1. The number of para-hydroxylation sites is 1. The van der Waals surface area contributed by atoms with Crippen LogP contribution < -0.4 is 5.32 Å². The van der Waals surface area contributed by atoms with E-state index in [2.05, 4.69) is 12.2 Å². The quantitative estimate of drug-likeness (QED) is 0.858. The van der Waals surface area contributed by atoms with E-state index in [1.54, 1.807) is 0 Å². The highest BCUT2D eigenvalue weighted by molar-refractivity contribution is 6.33. The number of rotatable bonds is 4. The van der Waals surface area contributed by atoms with Gasteiger partial charge in [0.25, 0.3) is 0 Å². The summed E-state index contributed by atoms with van der Waals surface area (Å²) in [4.78, 5) is 0. The molecule has 94 valence electrons. The van der Waals surface area contributed by atoms with Crippen LogP contribution in [0.25, 0.3) is 0 Å². The topological polar surface area (TPSA) is 32.3 Å². The molecule has 2 N–H and O–H groups in total. The molecular formula is C14H20ClNO. The fraction of sp³-hybridized carbons (Fsp3) is 0.571. The van der Waals surface area contributed by atoms with Crippen molar-refractivity contribution in [2.75, 3.05) is 11.9 Å². The molecule has 2 nitrogen and oxygen atoms in total. The van der Waals surface area contributed by atoms with Crippen LogP contribution in [0.1, 0.15) is 32.6 Å². The van der Waals surface area contributed by atoms with Crippen molar-refractivity contribution in [3.05, 3.63) is 29.3 Å². The van der Waals surface area contributed by atoms with E-state index < -0.39 is 0 Å². The second kappa shape index (κ2) is 5.28. The monoisotopic (exact) mass is 253 g/mol. The third kappa shape index (κ3) is 2.75. The van der Waals surface area contributed by atoms with E-state index in [1.165, 1.54) is 25.7 Å². The molecule has 0 saturated heterocycles. The van der Waals surface area contributed by atoms with E-state index in [9.17, 15) is 5.11 Å². The lowest BCUT2D eigenvalue weighted by Gasteiger charge is -2.36. The van der Waals surface area contributed by atoms with Gasteiger partial charge in [0.15, 0.2) is 0 Å². The molecule has 2 rings (SSSR count). The second-order valence-electron chi connectivity index (χ2n) is 5.16. The maximum atomic E-state index is 9.69. The molecular weight excluding hydrogens is 234 g/mol. The predicted octanol–water partition coefficient (Wildman–Crippen LogP) is 3.69. The molecule has 0 bridgehead atoms. The van der Waals surface area contributed by atoms with Crippen molar-refractivity contribution in [2.45, 2.75) is 38.1 Å². The minimum Gasteiger partial charge on any atom is -0.394 e. The zero-order valence-electron chi connectivity index (χ0n) is 10.2. The number of halogens is 1. The first-order chi connectivity index (χ1) is 8.15. The van der Waals surface area contributed by atoms with Crippen LogP contribution >= 0.6 is 11.6 Å². The Morgan fingerprint density at radius 1 is 1.35 bits per heavy atom. The third-order valence-electron chi connectivity index (χ3n) is 3.88. The fourth-order valence-corrected chi connectivity index (χ4v) is 2.89. The highest BCUT2D eigenvalue weighted by atomic mass is 35.5. The van der Waals surface area contributed by atoms with Crippen molar-refractivity contribution in [2.24, 2.45) is 5.92 Å². The van der Waals surface area contributed by atoms with Crippen molar-refractivity contribution < 1.29 is 5.11 Å².